The lowest BCUT2D eigenvalue weighted by Gasteiger charge is -2.08. The first-order chi connectivity index (χ1) is 7.85. The quantitative estimate of drug-likeness (QED) is 0.830. The highest BCUT2D eigenvalue weighted by molar-refractivity contribution is 7.92. The van der Waals surface area contributed by atoms with Crippen molar-refractivity contribution in [3.63, 3.8) is 0 Å². The molecule has 90 valence electrons. The summed E-state index contributed by atoms with van der Waals surface area (Å²) in [4.78, 5) is 10.8. The first-order valence-electron chi connectivity index (χ1n) is 4.26. The van der Waals surface area contributed by atoms with Crippen LogP contribution in [0.2, 0.25) is 0 Å². The number of nitriles is 1. The highest BCUT2D eigenvalue weighted by Crippen LogP contribution is 2.18. The first-order valence-corrected chi connectivity index (χ1v) is 5.91. The first kappa shape index (κ1) is 12.9. The summed E-state index contributed by atoms with van der Waals surface area (Å²) in [7, 11) is -4.00. The molecule has 1 rings (SSSR count). The number of nitrogens with one attached hydrogen (secondary N) is 1. The standard InChI is InChI=1S/C9H7FN2O4S/c10-6-1-2-7(9(13)14)8(5-6)12-17(15,16)4-3-11/h1-2,5,12H,4H2,(H,13,14). The van der Waals surface area contributed by atoms with Crippen LogP contribution in [0, 0.1) is 17.1 Å². The van der Waals surface area contributed by atoms with Crippen LogP contribution in [0.1, 0.15) is 10.4 Å². The molecule has 0 saturated carbocycles. The van der Waals surface area contributed by atoms with E-state index in [0.717, 1.165) is 18.2 Å². The number of rotatable bonds is 4. The summed E-state index contributed by atoms with van der Waals surface area (Å²) in [6.45, 7) is 0. The van der Waals surface area contributed by atoms with Crippen molar-refractivity contribution in [2.45, 2.75) is 0 Å². The second-order valence-electron chi connectivity index (χ2n) is 3.01. The highest BCUT2D eigenvalue weighted by atomic mass is 32.2. The SMILES string of the molecule is N#CCS(=O)(=O)Nc1cc(F)ccc1C(=O)O. The van der Waals surface area contributed by atoms with E-state index in [1.54, 1.807) is 0 Å². The maximum absolute atomic E-state index is 12.9. The second kappa shape index (κ2) is 4.80. The number of benzene rings is 1. The zero-order valence-corrected chi connectivity index (χ0v) is 9.16. The molecule has 2 N–H and O–H groups in total. The van der Waals surface area contributed by atoms with E-state index in [9.17, 15) is 17.6 Å². The molecule has 0 heterocycles. The van der Waals surface area contributed by atoms with Gasteiger partial charge < -0.3 is 5.11 Å². The predicted molar refractivity (Wildman–Crippen MR) is 56.4 cm³/mol. The molecule has 0 aliphatic rings. The maximum Gasteiger partial charge on any atom is 0.337 e. The van der Waals surface area contributed by atoms with Crippen LogP contribution >= 0.6 is 0 Å². The Morgan fingerprint density at radius 1 is 1.53 bits per heavy atom. The molecule has 0 amide bonds. The average molecular weight is 258 g/mol. The Kier molecular flexibility index (Phi) is 3.65. The van der Waals surface area contributed by atoms with Crippen molar-refractivity contribution in [3.05, 3.63) is 29.6 Å². The van der Waals surface area contributed by atoms with E-state index >= 15 is 0 Å². The Morgan fingerprint density at radius 3 is 2.71 bits per heavy atom. The molecule has 0 radical (unpaired) electrons. The number of sulfonamides is 1. The van der Waals surface area contributed by atoms with Crippen molar-refractivity contribution >= 4 is 21.7 Å². The number of carbonyl (C=O) groups is 1. The Balaban J connectivity index is 3.18. The summed E-state index contributed by atoms with van der Waals surface area (Å²) < 4.78 is 37.2. The zero-order chi connectivity index (χ0) is 13.1. The molecule has 0 aliphatic heterocycles. The molecule has 0 aromatic heterocycles. The number of carboxylic acid groups (broad SMARTS) is 1. The summed E-state index contributed by atoms with van der Waals surface area (Å²) in [5.74, 6) is -3.04. The smallest absolute Gasteiger partial charge is 0.337 e. The molecule has 0 bridgehead atoms. The number of hydrogen-bond donors (Lipinski definition) is 2. The van der Waals surface area contributed by atoms with E-state index in [1.807, 2.05) is 4.72 Å². The van der Waals surface area contributed by atoms with E-state index in [2.05, 4.69) is 0 Å². The normalized spacial score (nSPS) is 10.6. The van der Waals surface area contributed by atoms with Crippen molar-refractivity contribution in [1.29, 1.82) is 5.26 Å². The van der Waals surface area contributed by atoms with Gasteiger partial charge in [-0.1, -0.05) is 0 Å². The Labute approximate surface area is 96.4 Å². The summed E-state index contributed by atoms with van der Waals surface area (Å²) in [5, 5.41) is 17.0. The molecule has 0 saturated heterocycles. The minimum absolute atomic E-state index is 0.395. The Bertz CT molecular complexity index is 592. The largest absolute Gasteiger partial charge is 0.478 e. The molecular formula is C9H7FN2O4S. The predicted octanol–water partition coefficient (Wildman–Crippen LogP) is 0.789. The molecule has 0 aliphatic carbocycles. The lowest BCUT2D eigenvalue weighted by atomic mass is 10.2. The number of carboxylic acids is 1. The molecule has 8 heteroatoms. The van der Waals surface area contributed by atoms with Gasteiger partial charge in [0.1, 0.15) is 5.82 Å². The molecule has 0 atom stereocenters. The molecule has 0 unspecified atom stereocenters. The van der Waals surface area contributed by atoms with E-state index in [1.165, 1.54) is 6.07 Å². The van der Waals surface area contributed by atoms with Crippen LogP contribution < -0.4 is 4.72 Å². The fourth-order valence-electron chi connectivity index (χ4n) is 1.08. The van der Waals surface area contributed by atoms with Crippen LogP contribution in [-0.2, 0) is 10.0 Å². The summed E-state index contributed by atoms with van der Waals surface area (Å²) in [6, 6.07) is 3.96. The van der Waals surface area contributed by atoms with Crippen LogP contribution in [0.15, 0.2) is 18.2 Å². The molecular weight excluding hydrogens is 251 g/mol. The molecule has 1 aromatic rings. The van der Waals surface area contributed by atoms with Gasteiger partial charge in [0.05, 0.1) is 17.3 Å². The number of aromatic carboxylic acids is 1. The Morgan fingerprint density at radius 2 is 2.18 bits per heavy atom. The minimum atomic E-state index is -4.00. The van der Waals surface area contributed by atoms with Gasteiger partial charge in [-0.05, 0) is 18.2 Å². The van der Waals surface area contributed by atoms with Crippen LogP contribution in [0.4, 0.5) is 10.1 Å². The van der Waals surface area contributed by atoms with Crippen molar-refractivity contribution in [2.75, 3.05) is 10.5 Å². The van der Waals surface area contributed by atoms with Crippen molar-refractivity contribution in [3.8, 4) is 6.07 Å². The van der Waals surface area contributed by atoms with Gasteiger partial charge in [0.2, 0.25) is 10.0 Å². The van der Waals surface area contributed by atoms with Gasteiger partial charge in [0, 0.05) is 0 Å². The summed E-state index contributed by atoms with van der Waals surface area (Å²) in [6.07, 6.45) is 0. The van der Waals surface area contributed by atoms with Gasteiger partial charge in [-0.25, -0.2) is 17.6 Å². The van der Waals surface area contributed by atoms with Crippen molar-refractivity contribution in [2.24, 2.45) is 0 Å². The lowest BCUT2D eigenvalue weighted by Crippen LogP contribution is -2.17. The van der Waals surface area contributed by atoms with Gasteiger partial charge in [-0.2, -0.15) is 5.26 Å². The number of hydrogen-bond acceptors (Lipinski definition) is 4. The van der Waals surface area contributed by atoms with E-state index < -0.39 is 38.8 Å². The monoisotopic (exact) mass is 258 g/mol. The number of halogens is 1. The fourth-order valence-corrected chi connectivity index (χ4v) is 1.82. The third-order valence-corrected chi connectivity index (χ3v) is 2.77. The summed E-state index contributed by atoms with van der Waals surface area (Å²) >= 11 is 0. The third kappa shape index (κ3) is 3.42. The van der Waals surface area contributed by atoms with Crippen molar-refractivity contribution in [1.82, 2.24) is 0 Å². The topological polar surface area (TPSA) is 107 Å². The highest BCUT2D eigenvalue weighted by Gasteiger charge is 2.16. The third-order valence-electron chi connectivity index (χ3n) is 1.73. The van der Waals surface area contributed by atoms with E-state index in [4.69, 9.17) is 10.4 Å². The second-order valence-corrected chi connectivity index (χ2v) is 4.74. The molecule has 0 fully saturated rings. The zero-order valence-electron chi connectivity index (χ0n) is 8.34. The summed E-state index contributed by atoms with van der Waals surface area (Å²) in [5.41, 5.74) is -0.805. The molecule has 6 nitrogen and oxygen atoms in total. The fraction of sp³-hybridized carbons (Fsp3) is 0.111. The Hall–Kier alpha value is -2.14. The van der Waals surface area contributed by atoms with Gasteiger partial charge >= 0.3 is 5.97 Å². The van der Waals surface area contributed by atoms with E-state index in [-0.39, 0.29) is 0 Å². The van der Waals surface area contributed by atoms with Gasteiger partial charge in [-0.3, -0.25) is 4.72 Å². The minimum Gasteiger partial charge on any atom is -0.478 e. The molecule has 1 aromatic carbocycles. The lowest BCUT2D eigenvalue weighted by molar-refractivity contribution is 0.0698. The van der Waals surface area contributed by atoms with Crippen molar-refractivity contribution < 1.29 is 22.7 Å². The van der Waals surface area contributed by atoms with Crippen LogP contribution in [-0.4, -0.2) is 25.2 Å². The molecule has 0 spiro atoms. The molecule has 17 heavy (non-hydrogen) atoms. The number of nitrogens with zero attached hydrogens (tertiary/aromatic N) is 1. The van der Waals surface area contributed by atoms with Gasteiger partial charge in [0.15, 0.2) is 5.75 Å². The maximum atomic E-state index is 12.9. The van der Waals surface area contributed by atoms with Gasteiger partial charge in [-0.15, -0.1) is 0 Å². The van der Waals surface area contributed by atoms with Crippen LogP contribution in [0.3, 0.4) is 0 Å². The van der Waals surface area contributed by atoms with Gasteiger partial charge in [0.25, 0.3) is 0 Å². The van der Waals surface area contributed by atoms with E-state index in [0.29, 0.717) is 0 Å². The van der Waals surface area contributed by atoms with Crippen LogP contribution in [0.5, 0.6) is 0 Å². The number of anilines is 1. The average Bonchev–Trinajstić information content (AvgIpc) is 2.15. The van der Waals surface area contributed by atoms with Crippen LogP contribution in [0.25, 0.3) is 0 Å².